The van der Waals surface area contributed by atoms with E-state index in [2.05, 4.69) is 322 Å². The lowest BCUT2D eigenvalue weighted by Crippen LogP contribution is -2.10. The smallest absolute Gasteiger partial charge is 0.0789 e. The van der Waals surface area contributed by atoms with Crippen molar-refractivity contribution in [1.29, 1.82) is 0 Å². The zero-order valence-corrected chi connectivity index (χ0v) is 40.7. The molecule has 350 valence electrons. The fraction of sp³-hybridized carbons (Fsp3) is 0. The van der Waals surface area contributed by atoms with Crippen molar-refractivity contribution in [2.75, 3.05) is 9.80 Å². The zero-order chi connectivity index (χ0) is 49.2. The molecule has 0 unspecified atom stereocenters. The molecule has 74 heavy (non-hydrogen) atoms. The van der Waals surface area contributed by atoms with Crippen LogP contribution in [0.25, 0.3) is 77.9 Å². The third kappa shape index (κ3) is 7.92. The van der Waals surface area contributed by atoms with Crippen LogP contribution in [0.4, 0.5) is 34.1 Å². The number of fused-ring (bicyclic) bond motifs is 3. The lowest BCUT2D eigenvalue weighted by molar-refractivity contribution is 1.10. The number of aromatic nitrogens is 2. The number of benzene rings is 11. The summed E-state index contributed by atoms with van der Waals surface area (Å²) in [7, 11) is 0. The van der Waals surface area contributed by atoms with Crippen molar-refractivity contribution >= 4 is 55.9 Å². The molecule has 0 radical (unpaired) electrons. The normalized spacial score (nSPS) is 11.2. The summed E-state index contributed by atoms with van der Waals surface area (Å²) in [4.78, 5) is 4.65. The summed E-state index contributed by atoms with van der Waals surface area (Å²) in [6, 6.07) is 109. The van der Waals surface area contributed by atoms with Crippen LogP contribution in [0.5, 0.6) is 0 Å². The lowest BCUT2D eigenvalue weighted by Gasteiger charge is -2.26. The Morgan fingerprint density at radius 1 is 0.203 bits per heavy atom. The third-order valence-corrected chi connectivity index (χ3v) is 14.1. The molecule has 0 atom stereocenters. The Morgan fingerprint density at radius 3 is 0.703 bits per heavy atom. The van der Waals surface area contributed by atoms with Gasteiger partial charge in [0, 0.05) is 67.4 Å². The molecule has 0 fully saturated rings. The molecular formula is C70H50N4. The molecule has 0 spiro atoms. The standard InChI is InChI=1S/C70H50N4/c1-9-25-51(26-10-1)65-63-49-50-64-66(52-27-11-2-12-28-52)68(54-31-15-4-16-32-54)74(62-47-43-60(44-48-62)72(57-37-21-7-22-38-57)58-39-23-8-24-40-58)70(64)69(63)73(67(65)53-29-13-3-14-30-53)61-45-41-59(42-46-61)71(55-33-17-5-18-34-55)56-35-19-6-20-36-56/h1-50H. The van der Waals surface area contributed by atoms with Crippen molar-refractivity contribution in [3.63, 3.8) is 0 Å². The van der Waals surface area contributed by atoms with Crippen molar-refractivity contribution in [3.05, 3.63) is 303 Å². The molecule has 4 nitrogen and oxygen atoms in total. The van der Waals surface area contributed by atoms with E-state index in [4.69, 9.17) is 0 Å². The predicted octanol–water partition coefficient (Wildman–Crippen LogP) is 19.2. The Morgan fingerprint density at radius 2 is 0.432 bits per heavy atom. The largest absolute Gasteiger partial charge is 0.311 e. The fourth-order valence-electron chi connectivity index (χ4n) is 10.9. The molecule has 0 N–H and O–H groups in total. The number of hydrogen-bond donors (Lipinski definition) is 0. The van der Waals surface area contributed by atoms with E-state index in [0.29, 0.717) is 0 Å². The van der Waals surface area contributed by atoms with Gasteiger partial charge in [-0.3, -0.25) is 0 Å². The first-order valence-corrected chi connectivity index (χ1v) is 25.3. The van der Waals surface area contributed by atoms with Crippen LogP contribution in [-0.2, 0) is 0 Å². The summed E-state index contributed by atoms with van der Waals surface area (Å²) in [5, 5.41) is 2.33. The summed E-state index contributed by atoms with van der Waals surface area (Å²) >= 11 is 0. The highest BCUT2D eigenvalue weighted by Gasteiger charge is 2.29. The molecule has 13 rings (SSSR count). The van der Waals surface area contributed by atoms with Gasteiger partial charge in [-0.15, -0.1) is 0 Å². The Hall–Kier alpha value is -9.90. The second-order valence-electron chi connectivity index (χ2n) is 18.5. The van der Waals surface area contributed by atoms with Crippen LogP contribution in [0.15, 0.2) is 303 Å². The molecule has 2 aromatic heterocycles. The van der Waals surface area contributed by atoms with Crippen molar-refractivity contribution in [2.45, 2.75) is 0 Å². The molecule has 0 aliphatic rings. The summed E-state index contributed by atoms with van der Waals surface area (Å²) in [5.74, 6) is 0. The second kappa shape index (κ2) is 19.4. The summed E-state index contributed by atoms with van der Waals surface area (Å²) in [5.41, 5.74) is 20.1. The molecule has 0 amide bonds. The molecule has 2 heterocycles. The highest BCUT2D eigenvalue weighted by Crippen LogP contribution is 2.51. The minimum Gasteiger partial charge on any atom is -0.311 e. The van der Waals surface area contributed by atoms with E-state index in [1.165, 1.54) is 11.1 Å². The van der Waals surface area contributed by atoms with Crippen LogP contribution < -0.4 is 9.80 Å². The molecule has 0 saturated carbocycles. The summed E-state index contributed by atoms with van der Waals surface area (Å²) in [6.45, 7) is 0. The van der Waals surface area contributed by atoms with Gasteiger partial charge < -0.3 is 18.9 Å². The molecule has 0 saturated heterocycles. The van der Waals surface area contributed by atoms with Crippen molar-refractivity contribution in [2.24, 2.45) is 0 Å². The second-order valence-corrected chi connectivity index (χ2v) is 18.5. The summed E-state index contributed by atoms with van der Waals surface area (Å²) in [6.07, 6.45) is 0. The number of nitrogens with zero attached hydrogens (tertiary/aromatic N) is 4. The first-order valence-electron chi connectivity index (χ1n) is 25.3. The van der Waals surface area contributed by atoms with Gasteiger partial charge in [0.15, 0.2) is 0 Å². The van der Waals surface area contributed by atoms with E-state index < -0.39 is 0 Å². The number of para-hydroxylation sites is 4. The van der Waals surface area contributed by atoms with Crippen LogP contribution in [0, 0.1) is 0 Å². The van der Waals surface area contributed by atoms with Crippen LogP contribution in [0.1, 0.15) is 0 Å². The minimum atomic E-state index is 1.06. The highest BCUT2D eigenvalue weighted by molar-refractivity contribution is 6.20. The molecule has 13 aromatic rings. The molecule has 0 aliphatic heterocycles. The SMILES string of the molecule is c1ccc(-c2c(-c3ccccc3)n(-c3ccc(N(c4ccccc4)c4ccccc4)cc3)c3c2ccc2c(-c4ccccc4)c(-c4ccccc4)n(-c4ccc(N(c5ccccc5)c5ccccc5)cc4)c23)cc1. The average molecular weight is 947 g/mol. The maximum absolute atomic E-state index is 2.54. The highest BCUT2D eigenvalue weighted by atomic mass is 15.2. The summed E-state index contributed by atoms with van der Waals surface area (Å²) < 4.78 is 5.07. The fourth-order valence-corrected chi connectivity index (χ4v) is 10.9. The lowest BCUT2D eigenvalue weighted by atomic mass is 9.96. The van der Waals surface area contributed by atoms with E-state index in [1.807, 2.05) is 0 Å². The Labute approximate surface area is 432 Å². The quantitative estimate of drug-likeness (QED) is 0.121. The molecule has 0 aliphatic carbocycles. The molecule has 11 aromatic carbocycles. The van der Waals surface area contributed by atoms with Crippen LogP contribution in [-0.4, -0.2) is 9.13 Å². The molecule has 4 heteroatoms. The van der Waals surface area contributed by atoms with Gasteiger partial charge in [0.1, 0.15) is 0 Å². The van der Waals surface area contributed by atoms with E-state index in [0.717, 1.165) is 101 Å². The number of rotatable bonds is 12. The van der Waals surface area contributed by atoms with Crippen molar-refractivity contribution < 1.29 is 0 Å². The van der Waals surface area contributed by atoms with Crippen LogP contribution >= 0.6 is 0 Å². The Bertz CT molecular complexity index is 3640. The van der Waals surface area contributed by atoms with E-state index in [9.17, 15) is 0 Å². The van der Waals surface area contributed by atoms with Crippen LogP contribution in [0.3, 0.4) is 0 Å². The third-order valence-electron chi connectivity index (χ3n) is 14.1. The van der Waals surface area contributed by atoms with Gasteiger partial charge in [-0.2, -0.15) is 0 Å². The van der Waals surface area contributed by atoms with E-state index in [-0.39, 0.29) is 0 Å². The van der Waals surface area contributed by atoms with Gasteiger partial charge >= 0.3 is 0 Å². The van der Waals surface area contributed by atoms with Crippen molar-refractivity contribution in [3.8, 4) is 56.1 Å². The first-order chi connectivity index (χ1) is 36.8. The number of anilines is 6. The maximum Gasteiger partial charge on any atom is 0.0789 e. The first kappa shape index (κ1) is 44.1. The van der Waals surface area contributed by atoms with E-state index in [1.54, 1.807) is 0 Å². The van der Waals surface area contributed by atoms with Gasteiger partial charge in [0.25, 0.3) is 0 Å². The monoisotopic (exact) mass is 946 g/mol. The van der Waals surface area contributed by atoms with Crippen molar-refractivity contribution in [1.82, 2.24) is 9.13 Å². The van der Waals surface area contributed by atoms with E-state index >= 15 is 0 Å². The van der Waals surface area contributed by atoms with Gasteiger partial charge in [-0.1, -0.05) is 206 Å². The van der Waals surface area contributed by atoms with Crippen LogP contribution in [0.2, 0.25) is 0 Å². The van der Waals surface area contributed by atoms with Gasteiger partial charge in [0.05, 0.1) is 22.4 Å². The van der Waals surface area contributed by atoms with Gasteiger partial charge in [-0.05, 0) is 119 Å². The topological polar surface area (TPSA) is 16.3 Å². The maximum atomic E-state index is 2.54. The zero-order valence-electron chi connectivity index (χ0n) is 40.7. The average Bonchev–Trinajstić information content (AvgIpc) is 4.05. The Kier molecular flexibility index (Phi) is 11.5. The predicted molar refractivity (Wildman–Crippen MR) is 311 cm³/mol. The number of hydrogen-bond acceptors (Lipinski definition) is 2. The minimum absolute atomic E-state index is 1.06. The molecular weight excluding hydrogens is 897 g/mol. The van der Waals surface area contributed by atoms with Gasteiger partial charge in [0.2, 0.25) is 0 Å². The molecule has 0 bridgehead atoms. The van der Waals surface area contributed by atoms with Gasteiger partial charge in [-0.25, -0.2) is 0 Å². The Balaban J connectivity index is 1.15.